The lowest BCUT2D eigenvalue weighted by molar-refractivity contribution is 0.167. The molecule has 1 aromatic heterocycles. The van der Waals surface area contributed by atoms with E-state index in [0.717, 1.165) is 20.6 Å². The SMILES string of the molecule is CCC(N)C(Oc1cc(C)ccc1F)c1ccc(Br)s1. The maximum Gasteiger partial charge on any atom is 0.165 e. The number of hydrogen-bond acceptors (Lipinski definition) is 3. The highest BCUT2D eigenvalue weighted by atomic mass is 79.9. The second kappa shape index (κ2) is 6.70. The molecule has 2 atom stereocenters. The van der Waals surface area contributed by atoms with E-state index in [1.165, 1.54) is 6.07 Å². The third-order valence-corrected chi connectivity index (χ3v) is 4.76. The molecule has 2 rings (SSSR count). The lowest BCUT2D eigenvalue weighted by Crippen LogP contribution is -2.31. The van der Waals surface area contributed by atoms with E-state index in [4.69, 9.17) is 10.5 Å². The van der Waals surface area contributed by atoms with Crippen molar-refractivity contribution in [3.8, 4) is 5.75 Å². The third-order valence-electron chi connectivity index (χ3n) is 3.08. The molecule has 0 aliphatic carbocycles. The first kappa shape index (κ1) is 15.5. The molecule has 2 nitrogen and oxygen atoms in total. The van der Waals surface area contributed by atoms with Crippen molar-refractivity contribution in [2.45, 2.75) is 32.4 Å². The zero-order valence-corrected chi connectivity index (χ0v) is 13.8. The molecule has 108 valence electrons. The topological polar surface area (TPSA) is 35.2 Å². The summed E-state index contributed by atoms with van der Waals surface area (Å²) in [6.07, 6.45) is 0.417. The molecule has 1 heterocycles. The van der Waals surface area contributed by atoms with Gasteiger partial charge in [0.1, 0.15) is 6.10 Å². The van der Waals surface area contributed by atoms with Gasteiger partial charge in [-0.1, -0.05) is 13.0 Å². The van der Waals surface area contributed by atoms with Crippen LogP contribution in [0.25, 0.3) is 0 Å². The lowest BCUT2D eigenvalue weighted by atomic mass is 10.1. The van der Waals surface area contributed by atoms with Crippen molar-refractivity contribution in [2.75, 3.05) is 0 Å². The number of aryl methyl sites for hydroxylation is 1. The monoisotopic (exact) mass is 357 g/mol. The van der Waals surface area contributed by atoms with Crippen molar-refractivity contribution in [2.24, 2.45) is 5.73 Å². The van der Waals surface area contributed by atoms with E-state index in [2.05, 4.69) is 15.9 Å². The van der Waals surface area contributed by atoms with Gasteiger partial charge >= 0.3 is 0 Å². The molecule has 5 heteroatoms. The van der Waals surface area contributed by atoms with Crippen molar-refractivity contribution >= 4 is 27.3 Å². The van der Waals surface area contributed by atoms with Crippen molar-refractivity contribution in [1.29, 1.82) is 0 Å². The third kappa shape index (κ3) is 3.59. The Morgan fingerprint density at radius 3 is 2.70 bits per heavy atom. The van der Waals surface area contributed by atoms with Gasteiger partial charge in [-0.05, 0) is 59.1 Å². The van der Waals surface area contributed by atoms with Gasteiger partial charge in [-0.3, -0.25) is 0 Å². The normalized spacial score (nSPS) is 14.1. The second-order valence-corrected chi connectivity index (χ2v) is 7.18. The Bertz CT molecular complexity index is 587. The van der Waals surface area contributed by atoms with Crippen LogP contribution in [0.15, 0.2) is 34.1 Å². The fourth-order valence-electron chi connectivity index (χ4n) is 1.89. The van der Waals surface area contributed by atoms with Gasteiger partial charge in [0.2, 0.25) is 0 Å². The van der Waals surface area contributed by atoms with Crippen molar-refractivity contribution in [1.82, 2.24) is 0 Å². The highest BCUT2D eigenvalue weighted by Crippen LogP contribution is 2.33. The van der Waals surface area contributed by atoms with Gasteiger partial charge in [-0.15, -0.1) is 11.3 Å². The summed E-state index contributed by atoms with van der Waals surface area (Å²) in [6, 6.07) is 8.57. The number of hydrogen-bond donors (Lipinski definition) is 1. The summed E-state index contributed by atoms with van der Waals surface area (Å²) in [5.74, 6) is -0.108. The molecule has 0 bridgehead atoms. The molecular weight excluding hydrogens is 341 g/mol. The van der Waals surface area contributed by atoms with E-state index < -0.39 is 0 Å². The number of halogens is 2. The highest BCUT2D eigenvalue weighted by molar-refractivity contribution is 9.11. The molecule has 2 N–H and O–H groups in total. The van der Waals surface area contributed by atoms with Gasteiger partial charge < -0.3 is 10.5 Å². The Kier molecular flexibility index (Phi) is 5.18. The average Bonchev–Trinajstić information content (AvgIpc) is 2.85. The molecule has 0 radical (unpaired) electrons. The summed E-state index contributed by atoms with van der Waals surface area (Å²) in [6.45, 7) is 3.90. The van der Waals surface area contributed by atoms with Crippen LogP contribution < -0.4 is 10.5 Å². The minimum absolute atomic E-state index is 0.180. The quantitative estimate of drug-likeness (QED) is 0.832. The fourth-order valence-corrected chi connectivity index (χ4v) is 3.42. The summed E-state index contributed by atoms with van der Waals surface area (Å²) in [5, 5.41) is 0. The Balaban J connectivity index is 2.30. The molecule has 0 aliphatic rings. The Morgan fingerprint density at radius 2 is 2.10 bits per heavy atom. The maximum atomic E-state index is 13.8. The number of benzene rings is 1. The van der Waals surface area contributed by atoms with E-state index >= 15 is 0 Å². The van der Waals surface area contributed by atoms with Crippen LogP contribution in [-0.2, 0) is 0 Å². The Labute approximate surface area is 130 Å². The van der Waals surface area contributed by atoms with Crippen LogP contribution in [0.1, 0.15) is 29.9 Å². The Hall–Kier alpha value is -0.910. The summed E-state index contributed by atoms with van der Waals surface area (Å²) >= 11 is 4.99. The number of ether oxygens (including phenoxy) is 1. The molecule has 1 aromatic carbocycles. The molecule has 0 saturated heterocycles. The zero-order chi connectivity index (χ0) is 14.7. The second-order valence-electron chi connectivity index (χ2n) is 4.69. The predicted octanol–water partition coefficient (Wildman–Crippen LogP) is 4.82. The summed E-state index contributed by atoms with van der Waals surface area (Å²) in [4.78, 5) is 0.993. The smallest absolute Gasteiger partial charge is 0.165 e. The van der Waals surface area contributed by atoms with Gasteiger partial charge in [0.15, 0.2) is 11.6 Å². The molecule has 20 heavy (non-hydrogen) atoms. The van der Waals surface area contributed by atoms with Crippen LogP contribution in [0.4, 0.5) is 4.39 Å². The highest BCUT2D eigenvalue weighted by Gasteiger charge is 2.23. The average molecular weight is 358 g/mol. The molecular formula is C15H17BrFNOS. The van der Waals surface area contributed by atoms with Crippen LogP contribution >= 0.6 is 27.3 Å². The van der Waals surface area contributed by atoms with Crippen LogP contribution in [0.3, 0.4) is 0 Å². The van der Waals surface area contributed by atoms with Gasteiger partial charge in [0, 0.05) is 10.9 Å². The van der Waals surface area contributed by atoms with Gasteiger partial charge in [0.25, 0.3) is 0 Å². The van der Waals surface area contributed by atoms with E-state index in [1.54, 1.807) is 23.5 Å². The summed E-state index contributed by atoms with van der Waals surface area (Å²) in [7, 11) is 0. The van der Waals surface area contributed by atoms with Gasteiger partial charge in [-0.25, -0.2) is 4.39 Å². The molecule has 0 saturated carbocycles. The fraction of sp³-hybridized carbons (Fsp3) is 0.333. The van der Waals surface area contributed by atoms with Crippen molar-refractivity contribution < 1.29 is 9.13 Å². The lowest BCUT2D eigenvalue weighted by Gasteiger charge is -2.23. The first-order chi connectivity index (χ1) is 9.51. The first-order valence-electron chi connectivity index (χ1n) is 6.45. The van der Waals surface area contributed by atoms with Gasteiger partial charge in [-0.2, -0.15) is 0 Å². The van der Waals surface area contributed by atoms with E-state index in [1.807, 2.05) is 26.0 Å². The first-order valence-corrected chi connectivity index (χ1v) is 8.05. The molecule has 0 spiro atoms. The molecule has 0 amide bonds. The minimum Gasteiger partial charge on any atom is -0.480 e. The molecule has 0 aliphatic heterocycles. The minimum atomic E-state index is -0.362. The van der Waals surface area contributed by atoms with E-state index in [9.17, 15) is 4.39 Å². The summed E-state index contributed by atoms with van der Waals surface area (Å²) < 4.78 is 20.7. The van der Waals surface area contributed by atoms with Crippen LogP contribution in [0, 0.1) is 12.7 Å². The van der Waals surface area contributed by atoms with E-state index in [-0.39, 0.29) is 23.7 Å². The summed E-state index contributed by atoms with van der Waals surface area (Å²) in [5.41, 5.74) is 7.09. The standard InChI is InChI=1S/C15H17BrFNOS/c1-3-11(18)15(13-6-7-14(16)20-13)19-12-8-9(2)4-5-10(12)17/h4-8,11,15H,3,18H2,1-2H3. The number of nitrogens with two attached hydrogens (primary N) is 1. The zero-order valence-electron chi connectivity index (χ0n) is 11.4. The van der Waals surface area contributed by atoms with Gasteiger partial charge in [0.05, 0.1) is 3.79 Å². The predicted molar refractivity (Wildman–Crippen MR) is 84.8 cm³/mol. The van der Waals surface area contributed by atoms with Crippen LogP contribution in [0.2, 0.25) is 0 Å². The van der Waals surface area contributed by atoms with Crippen molar-refractivity contribution in [3.05, 3.63) is 50.4 Å². The van der Waals surface area contributed by atoms with E-state index in [0.29, 0.717) is 0 Å². The van der Waals surface area contributed by atoms with Crippen molar-refractivity contribution in [3.63, 3.8) is 0 Å². The largest absolute Gasteiger partial charge is 0.480 e. The molecule has 2 unspecified atom stereocenters. The number of thiophene rings is 1. The Morgan fingerprint density at radius 1 is 1.35 bits per heavy atom. The molecule has 2 aromatic rings. The maximum absolute atomic E-state index is 13.8. The number of rotatable bonds is 5. The molecule has 0 fully saturated rings. The van der Waals surface area contributed by atoms with Crippen LogP contribution in [0.5, 0.6) is 5.75 Å². The van der Waals surface area contributed by atoms with Crippen LogP contribution in [-0.4, -0.2) is 6.04 Å².